The van der Waals surface area contributed by atoms with Crippen LogP contribution < -0.4 is 5.32 Å². The van der Waals surface area contributed by atoms with E-state index in [9.17, 15) is 14.0 Å². The topological polar surface area (TPSA) is 61.8 Å². The zero-order valence-electron chi connectivity index (χ0n) is 14.8. The molecule has 2 aromatic carbocycles. The molecular formula is C20H17ClFN3O2S. The fourth-order valence-electron chi connectivity index (χ4n) is 2.56. The molecule has 28 heavy (non-hydrogen) atoms. The quantitative estimate of drug-likeness (QED) is 0.722. The summed E-state index contributed by atoms with van der Waals surface area (Å²) >= 11 is 7.13. The number of halogens is 2. The van der Waals surface area contributed by atoms with Crippen LogP contribution in [0.2, 0.25) is 5.02 Å². The molecule has 0 aliphatic carbocycles. The molecule has 0 aromatic heterocycles. The zero-order chi connectivity index (χ0) is 20.1. The lowest BCUT2D eigenvalue weighted by Gasteiger charge is -2.31. The van der Waals surface area contributed by atoms with Crippen molar-refractivity contribution in [3.8, 4) is 0 Å². The second-order valence-electron chi connectivity index (χ2n) is 5.97. The average molecular weight is 418 g/mol. The Morgan fingerprint density at radius 3 is 2.79 bits per heavy atom. The molecule has 3 rings (SSSR count). The van der Waals surface area contributed by atoms with E-state index in [0.717, 1.165) is 0 Å². The summed E-state index contributed by atoms with van der Waals surface area (Å²) in [6, 6.07) is 12.4. The molecule has 0 saturated carbocycles. The summed E-state index contributed by atoms with van der Waals surface area (Å²) in [5.41, 5.74) is 1.04. The lowest BCUT2D eigenvalue weighted by molar-refractivity contribution is -0.129. The highest BCUT2D eigenvalue weighted by Gasteiger charge is 2.35. The Hall–Kier alpha value is -2.64. The Morgan fingerprint density at radius 2 is 2.11 bits per heavy atom. The number of aliphatic imine (C=N–C) groups is 1. The Labute approximate surface area is 171 Å². The van der Waals surface area contributed by atoms with Gasteiger partial charge in [0.25, 0.3) is 0 Å². The van der Waals surface area contributed by atoms with Crippen LogP contribution in [0.15, 0.2) is 66.2 Å². The van der Waals surface area contributed by atoms with E-state index in [0.29, 0.717) is 21.6 Å². The van der Waals surface area contributed by atoms with Crippen molar-refractivity contribution in [1.82, 2.24) is 4.90 Å². The number of amides is 2. The van der Waals surface area contributed by atoms with Crippen molar-refractivity contribution in [1.29, 1.82) is 0 Å². The molecule has 1 heterocycles. The summed E-state index contributed by atoms with van der Waals surface area (Å²) in [7, 11) is 0. The normalized spacial score (nSPS) is 18.2. The molecule has 1 unspecified atom stereocenters. The number of amidine groups is 1. The summed E-state index contributed by atoms with van der Waals surface area (Å²) in [5.74, 6) is -0.922. The van der Waals surface area contributed by atoms with Crippen LogP contribution in [-0.2, 0) is 9.59 Å². The van der Waals surface area contributed by atoms with Gasteiger partial charge in [-0.05, 0) is 42.5 Å². The van der Waals surface area contributed by atoms with Gasteiger partial charge in [-0.3, -0.25) is 14.5 Å². The summed E-state index contributed by atoms with van der Waals surface area (Å²) in [6.45, 7) is 3.93. The maximum atomic E-state index is 13.1. The minimum atomic E-state index is -0.647. The second-order valence-corrected chi connectivity index (χ2v) is 7.58. The minimum Gasteiger partial charge on any atom is -0.325 e. The number of thioether (sulfide) groups is 1. The number of hydrogen-bond acceptors (Lipinski definition) is 4. The van der Waals surface area contributed by atoms with E-state index in [4.69, 9.17) is 11.6 Å². The van der Waals surface area contributed by atoms with Gasteiger partial charge in [0.15, 0.2) is 5.17 Å². The van der Waals surface area contributed by atoms with Gasteiger partial charge in [-0.2, -0.15) is 0 Å². The zero-order valence-corrected chi connectivity index (χ0v) is 16.3. The molecule has 144 valence electrons. The van der Waals surface area contributed by atoms with E-state index in [1.807, 2.05) is 0 Å². The van der Waals surface area contributed by atoms with E-state index in [2.05, 4.69) is 16.9 Å². The SMILES string of the molecule is C=CCN1C(=O)CC(C(=O)Nc2cccc(Cl)c2)SC1=Nc1ccc(F)cc1. The van der Waals surface area contributed by atoms with Gasteiger partial charge in [0.2, 0.25) is 11.8 Å². The third-order valence-electron chi connectivity index (χ3n) is 3.89. The van der Waals surface area contributed by atoms with Crippen LogP contribution in [0.1, 0.15) is 6.42 Å². The molecule has 0 spiro atoms. The van der Waals surface area contributed by atoms with Gasteiger partial charge in [0.05, 0.1) is 5.69 Å². The van der Waals surface area contributed by atoms with Crippen LogP contribution in [0, 0.1) is 5.82 Å². The van der Waals surface area contributed by atoms with Crippen molar-refractivity contribution in [2.24, 2.45) is 4.99 Å². The number of rotatable bonds is 5. The van der Waals surface area contributed by atoms with Crippen LogP contribution in [0.5, 0.6) is 0 Å². The molecule has 1 aliphatic heterocycles. The monoisotopic (exact) mass is 417 g/mol. The molecule has 1 saturated heterocycles. The average Bonchev–Trinajstić information content (AvgIpc) is 2.66. The molecule has 2 amide bonds. The first-order valence-electron chi connectivity index (χ1n) is 8.45. The van der Waals surface area contributed by atoms with Crippen molar-refractivity contribution in [3.05, 3.63) is 72.0 Å². The standard InChI is InChI=1S/C20H17ClFN3O2S/c1-2-10-25-18(26)12-17(19(27)23-16-5-3-4-13(21)11-16)28-20(25)24-15-8-6-14(22)7-9-15/h2-9,11,17H,1,10,12H2,(H,23,27). The largest absolute Gasteiger partial charge is 0.325 e. The molecule has 1 atom stereocenters. The molecule has 0 bridgehead atoms. The Morgan fingerprint density at radius 1 is 1.36 bits per heavy atom. The van der Waals surface area contributed by atoms with Crippen molar-refractivity contribution >= 4 is 51.7 Å². The van der Waals surface area contributed by atoms with Crippen LogP contribution in [0.4, 0.5) is 15.8 Å². The van der Waals surface area contributed by atoms with E-state index in [1.54, 1.807) is 30.3 Å². The minimum absolute atomic E-state index is 0.0351. The lowest BCUT2D eigenvalue weighted by atomic mass is 10.2. The van der Waals surface area contributed by atoms with E-state index < -0.39 is 5.25 Å². The van der Waals surface area contributed by atoms with Crippen molar-refractivity contribution < 1.29 is 14.0 Å². The second kappa shape index (κ2) is 9.03. The third kappa shape index (κ3) is 4.99. The molecule has 1 N–H and O–H groups in total. The first-order chi connectivity index (χ1) is 13.5. The van der Waals surface area contributed by atoms with Crippen LogP contribution in [0.25, 0.3) is 0 Å². The van der Waals surface area contributed by atoms with Gasteiger partial charge in [-0.1, -0.05) is 35.5 Å². The molecule has 1 aliphatic rings. The number of hydrogen-bond donors (Lipinski definition) is 1. The Balaban J connectivity index is 1.82. The predicted octanol–water partition coefficient (Wildman–Crippen LogP) is 4.63. The fourth-order valence-corrected chi connectivity index (χ4v) is 3.86. The third-order valence-corrected chi connectivity index (χ3v) is 5.31. The maximum absolute atomic E-state index is 13.1. The number of nitrogens with zero attached hydrogens (tertiary/aromatic N) is 2. The van der Waals surface area contributed by atoms with E-state index >= 15 is 0 Å². The lowest BCUT2D eigenvalue weighted by Crippen LogP contribution is -2.45. The highest BCUT2D eigenvalue weighted by atomic mass is 35.5. The van der Waals surface area contributed by atoms with Crippen molar-refractivity contribution in [3.63, 3.8) is 0 Å². The van der Waals surface area contributed by atoms with Crippen molar-refractivity contribution in [2.75, 3.05) is 11.9 Å². The molecular weight excluding hydrogens is 401 g/mol. The van der Waals surface area contributed by atoms with Gasteiger partial charge in [-0.25, -0.2) is 9.38 Å². The summed E-state index contributed by atoms with van der Waals surface area (Å²) < 4.78 is 13.1. The summed E-state index contributed by atoms with van der Waals surface area (Å²) in [5, 5.41) is 3.00. The molecule has 2 aromatic rings. The molecule has 0 radical (unpaired) electrons. The van der Waals surface area contributed by atoms with Gasteiger partial charge in [-0.15, -0.1) is 6.58 Å². The van der Waals surface area contributed by atoms with Crippen LogP contribution in [-0.4, -0.2) is 33.7 Å². The van der Waals surface area contributed by atoms with E-state index in [1.165, 1.54) is 40.9 Å². The molecule has 5 nitrogen and oxygen atoms in total. The molecule has 8 heteroatoms. The Kier molecular flexibility index (Phi) is 6.49. The highest BCUT2D eigenvalue weighted by Crippen LogP contribution is 2.30. The van der Waals surface area contributed by atoms with Crippen LogP contribution in [0.3, 0.4) is 0 Å². The summed E-state index contributed by atoms with van der Waals surface area (Å²) in [6.07, 6.45) is 1.62. The number of nitrogens with one attached hydrogen (secondary N) is 1. The van der Waals surface area contributed by atoms with Gasteiger partial charge < -0.3 is 5.32 Å². The smallest absolute Gasteiger partial charge is 0.238 e. The highest BCUT2D eigenvalue weighted by molar-refractivity contribution is 8.15. The van der Waals surface area contributed by atoms with Crippen molar-refractivity contribution in [2.45, 2.75) is 11.7 Å². The summed E-state index contributed by atoms with van der Waals surface area (Å²) in [4.78, 5) is 31.1. The predicted molar refractivity (Wildman–Crippen MR) is 111 cm³/mol. The fraction of sp³-hybridized carbons (Fsp3) is 0.150. The van der Waals surface area contributed by atoms with Gasteiger partial charge >= 0.3 is 0 Å². The molecule has 1 fully saturated rings. The maximum Gasteiger partial charge on any atom is 0.238 e. The Bertz CT molecular complexity index is 933. The first kappa shape index (κ1) is 20.1. The number of anilines is 1. The van der Waals surface area contributed by atoms with E-state index in [-0.39, 0.29) is 30.6 Å². The van der Waals surface area contributed by atoms with Crippen LogP contribution >= 0.6 is 23.4 Å². The number of carbonyl (C=O) groups is 2. The van der Waals surface area contributed by atoms with Gasteiger partial charge in [0.1, 0.15) is 11.1 Å². The number of carbonyl (C=O) groups excluding carboxylic acids is 2. The van der Waals surface area contributed by atoms with Gasteiger partial charge in [0, 0.05) is 23.7 Å². The number of benzene rings is 2. The first-order valence-corrected chi connectivity index (χ1v) is 9.70.